The van der Waals surface area contributed by atoms with Crippen LogP contribution in [-0.4, -0.2) is 11.3 Å². The maximum absolute atomic E-state index is 3.61. The minimum atomic E-state index is 0.284. The van der Waals surface area contributed by atoms with Gasteiger partial charge in [0, 0.05) is 16.2 Å². The normalized spacial score (nSPS) is 26.5. The quantitative estimate of drug-likeness (QED) is 0.842. The van der Waals surface area contributed by atoms with E-state index in [2.05, 4.69) is 47.2 Å². The largest absolute Gasteiger partial charge is 0.295 e. The second-order valence-electron chi connectivity index (χ2n) is 3.86. The molecular weight excluding hydrogens is 266 g/mol. The van der Waals surface area contributed by atoms with Crippen LogP contribution in [0.2, 0.25) is 0 Å². The third kappa shape index (κ3) is 2.29. The van der Waals surface area contributed by atoms with Gasteiger partial charge in [-0.1, -0.05) is 0 Å². The lowest BCUT2D eigenvalue weighted by Gasteiger charge is -2.17. The highest BCUT2D eigenvalue weighted by Gasteiger charge is 2.31. The predicted octanol–water partition coefficient (Wildman–Crippen LogP) is 3.62. The first-order valence-corrected chi connectivity index (χ1v) is 6.87. The molecule has 0 radical (unpaired) electrons. The fraction of sp³-hybridized carbons (Fsp3) is 0.556. The highest BCUT2D eigenvalue weighted by molar-refractivity contribution is 9.11. The summed E-state index contributed by atoms with van der Waals surface area (Å²) in [5.41, 5.74) is 0.284. The lowest BCUT2D eigenvalue weighted by molar-refractivity contribution is 0.454. The summed E-state index contributed by atoms with van der Waals surface area (Å²) in [6.45, 7) is 4.51. The third-order valence-electron chi connectivity index (χ3n) is 1.99. The maximum atomic E-state index is 3.61. The van der Waals surface area contributed by atoms with E-state index in [1.807, 2.05) is 23.1 Å². The van der Waals surface area contributed by atoms with Crippen LogP contribution in [0.25, 0.3) is 0 Å². The molecule has 0 aliphatic carbocycles. The van der Waals surface area contributed by atoms with E-state index >= 15 is 0 Å². The third-order valence-corrected chi connectivity index (χ3v) is 5.42. The molecule has 1 saturated heterocycles. The van der Waals surface area contributed by atoms with Crippen LogP contribution in [0.3, 0.4) is 0 Å². The van der Waals surface area contributed by atoms with E-state index < -0.39 is 0 Å². The van der Waals surface area contributed by atoms with Crippen molar-refractivity contribution >= 4 is 39.0 Å². The van der Waals surface area contributed by atoms with E-state index in [0.717, 1.165) is 0 Å². The minimum absolute atomic E-state index is 0.284. The molecule has 0 spiro atoms. The fourth-order valence-corrected chi connectivity index (χ4v) is 4.37. The molecule has 0 amide bonds. The van der Waals surface area contributed by atoms with Crippen LogP contribution in [-0.2, 0) is 0 Å². The van der Waals surface area contributed by atoms with E-state index in [-0.39, 0.29) is 5.54 Å². The average molecular weight is 278 g/mol. The molecule has 1 nitrogen and oxygen atoms in total. The molecule has 1 atom stereocenters. The highest BCUT2D eigenvalue weighted by atomic mass is 79.9. The lowest BCUT2D eigenvalue weighted by atomic mass is 10.1. The van der Waals surface area contributed by atoms with E-state index in [9.17, 15) is 0 Å². The van der Waals surface area contributed by atoms with Crippen molar-refractivity contribution in [2.45, 2.75) is 24.8 Å². The van der Waals surface area contributed by atoms with Crippen molar-refractivity contribution < 1.29 is 0 Å². The Bertz CT molecular complexity index is 308. The monoisotopic (exact) mass is 277 g/mol. The number of hydrogen-bond acceptors (Lipinski definition) is 3. The molecule has 1 N–H and O–H groups in total. The van der Waals surface area contributed by atoms with Gasteiger partial charge in [-0.15, -0.1) is 23.1 Å². The van der Waals surface area contributed by atoms with Crippen LogP contribution in [0.5, 0.6) is 0 Å². The van der Waals surface area contributed by atoms with Gasteiger partial charge in [-0.2, -0.15) is 0 Å². The Labute approximate surface area is 95.4 Å². The molecule has 0 aromatic carbocycles. The van der Waals surface area contributed by atoms with E-state index in [1.54, 1.807) is 0 Å². The Morgan fingerprint density at radius 2 is 2.31 bits per heavy atom. The van der Waals surface area contributed by atoms with Gasteiger partial charge in [-0.25, -0.2) is 0 Å². The number of halogens is 1. The highest BCUT2D eigenvalue weighted by Crippen LogP contribution is 2.40. The first-order valence-electron chi connectivity index (χ1n) is 4.21. The Morgan fingerprint density at radius 3 is 2.77 bits per heavy atom. The van der Waals surface area contributed by atoms with Crippen LogP contribution in [0.4, 0.5) is 0 Å². The Morgan fingerprint density at radius 1 is 1.54 bits per heavy atom. The molecule has 0 saturated carbocycles. The van der Waals surface area contributed by atoms with E-state index in [4.69, 9.17) is 0 Å². The molecule has 1 unspecified atom stereocenters. The summed E-state index contributed by atoms with van der Waals surface area (Å²) < 4.78 is 1.22. The van der Waals surface area contributed by atoms with Crippen molar-refractivity contribution in [3.8, 4) is 0 Å². The lowest BCUT2D eigenvalue weighted by Crippen LogP contribution is -2.35. The van der Waals surface area contributed by atoms with Crippen LogP contribution < -0.4 is 5.32 Å². The summed E-state index contributed by atoms with van der Waals surface area (Å²) in [6.07, 6.45) is 0. The second-order valence-corrected chi connectivity index (χ2v) is 7.45. The summed E-state index contributed by atoms with van der Waals surface area (Å²) in [7, 11) is 0. The molecule has 72 valence electrons. The van der Waals surface area contributed by atoms with Gasteiger partial charge in [0.05, 0.1) is 9.16 Å². The summed E-state index contributed by atoms with van der Waals surface area (Å²) in [5.74, 6) is 1.19. The van der Waals surface area contributed by atoms with Crippen LogP contribution in [0.1, 0.15) is 24.1 Å². The van der Waals surface area contributed by atoms with Crippen LogP contribution >= 0.6 is 39.0 Å². The molecule has 0 bridgehead atoms. The second kappa shape index (κ2) is 3.57. The first kappa shape index (κ1) is 10.0. The van der Waals surface area contributed by atoms with E-state index in [0.29, 0.717) is 5.37 Å². The summed E-state index contributed by atoms with van der Waals surface area (Å²) >= 11 is 7.30. The van der Waals surface area contributed by atoms with Gasteiger partial charge in [0.25, 0.3) is 0 Å². The Balaban J connectivity index is 2.12. The number of thioether (sulfide) groups is 1. The Hall–Kier alpha value is 0.490. The molecule has 2 rings (SSSR count). The van der Waals surface area contributed by atoms with Crippen molar-refractivity contribution in [3.05, 3.63) is 20.8 Å². The summed E-state index contributed by atoms with van der Waals surface area (Å²) in [5, 5.41) is 4.10. The molecule has 1 aliphatic heterocycles. The SMILES string of the molecule is CC1(C)CSC(c2ccc(Br)s2)N1. The van der Waals surface area contributed by atoms with Gasteiger partial charge < -0.3 is 0 Å². The molecule has 13 heavy (non-hydrogen) atoms. The average Bonchev–Trinajstić information content (AvgIpc) is 2.56. The summed E-state index contributed by atoms with van der Waals surface area (Å²) in [6, 6.07) is 4.31. The molecule has 1 fully saturated rings. The number of rotatable bonds is 1. The zero-order valence-corrected chi connectivity index (χ0v) is 10.9. The fourth-order valence-electron chi connectivity index (χ4n) is 1.35. The smallest absolute Gasteiger partial charge is 0.0888 e. The number of hydrogen-bond donors (Lipinski definition) is 1. The minimum Gasteiger partial charge on any atom is -0.295 e. The van der Waals surface area contributed by atoms with Crippen molar-refractivity contribution in [1.82, 2.24) is 5.32 Å². The zero-order valence-electron chi connectivity index (χ0n) is 7.63. The van der Waals surface area contributed by atoms with Gasteiger partial charge in [-0.05, 0) is 41.9 Å². The summed E-state index contributed by atoms with van der Waals surface area (Å²) in [4.78, 5) is 1.42. The van der Waals surface area contributed by atoms with Gasteiger partial charge in [0.1, 0.15) is 0 Å². The van der Waals surface area contributed by atoms with Crippen LogP contribution in [0, 0.1) is 0 Å². The number of nitrogens with one attached hydrogen (secondary N) is 1. The van der Waals surface area contributed by atoms with Gasteiger partial charge >= 0.3 is 0 Å². The number of thiophene rings is 1. The van der Waals surface area contributed by atoms with Crippen molar-refractivity contribution in [3.63, 3.8) is 0 Å². The zero-order chi connectivity index (χ0) is 9.47. The first-order chi connectivity index (χ1) is 6.07. The standard InChI is InChI=1S/C9H12BrNS2/c1-9(2)5-12-8(11-9)6-3-4-7(10)13-6/h3-4,8,11H,5H2,1-2H3. The molecule has 1 aromatic heterocycles. The van der Waals surface area contributed by atoms with Gasteiger partial charge in [0.2, 0.25) is 0 Å². The Kier molecular flexibility index (Phi) is 2.75. The molecule has 2 heterocycles. The van der Waals surface area contributed by atoms with Gasteiger partial charge in [-0.3, -0.25) is 5.32 Å². The molecule has 1 aliphatic rings. The van der Waals surface area contributed by atoms with Crippen molar-refractivity contribution in [1.29, 1.82) is 0 Å². The van der Waals surface area contributed by atoms with Crippen LogP contribution in [0.15, 0.2) is 15.9 Å². The van der Waals surface area contributed by atoms with Crippen molar-refractivity contribution in [2.24, 2.45) is 0 Å². The van der Waals surface area contributed by atoms with E-state index in [1.165, 1.54) is 14.4 Å². The topological polar surface area (TPSA) is 12.0 Å². The van der Waals surface area contributed by atoms with Gasteiger partial charge in [0.15, 0.2) is 0 Å². The molecule has 4 heteroatoms. The molecule has 1 aromatic rings. The van der Waals surface area contributed by atoms with Crippen molar-refractivity contribution in [2.75, 3.05) is 5.75 Å². The molecular formula is C9H12BrNS2. The predicted molar refractivity (Wildman–Crippen MR) is 64.4 cm³/mol. The maximum Gasteiger partial charge on any atom is 0.0888 e.